The van der Waals surface area contributed by atoms with Crippen LogP contribution in [0.5, 0.6) is 0 Å². The molecular weight excluding hydrogens is 386 g/mol. The number of nitrogens with one attached hydrogen (secondary N) is 2. The van der Waals surface area contributed by atoms with E-state index < -0.39 is 0 Å². The highest BCUT2D eigenvalue weighted by Gasteiger charge is 2.10. The fraction of sp³-hybridized carbons (Fsp3) is 0.263. The Kier molecular flexibility index (Phi) is 7.14. The van der Waals surface area contributed by atoms with Crippen LogP contribution >= 0.6 is 0 Å². The number of aliphatic hydroxyl groups is 1. The number of aromatic nitrogens is 4. The largest absolute Gasteiger partial charge is 0.404 e. The third-order valence-corrected chi connectivity index (χ3v) is 4.22. The van der Waals surface area contributed by atoms with Crippen LogP contribution in [-0.2, 0) is 17.9 Å². The maximum absolute atomic E-state index is 8.86. The van der Waals surface area contributed by atoms with E-state index in [1.807, 2.05) is 18.3 Å². The van der Waals surface area contributed by atoms with Gasteiger partial charge in [-0.1, -0.05) is 0 Å². The van der Waals surface area contributed by atoms with Crippen molar-refractivity contribution in [1.82, 2.24) is 19.6 Å². The molecule has 0 fully saturated rings. The average Bonchev–Trinajstić information content (AvgIpc) is 3.17. The minimum Gasteiger partial charge on any atom is -0.404 e. The molecule has 3 rings (SSSR count). The number of hydrogen-bond donors (Lipinski definition) is 4. The van der Waals surface area contributed by atoms with Crippen molar-refractivity contribution in [1.29, 1.82) is 5.53 Å². The Hall–Kier alpha value is -3.70. The molecule has 0 aliphatic heterocycles. The molecule has 11 nitrogen and oxygen atoms in total. The lowest BCUT2D eigenvalue weighted by Crippen LogP contribution is -2.06. The molecule has 11 heteroatoms. The topological polar surface area (TPSA) is 159 Å². The second kappa shape index (κ2) is 10.2. The minimum atomic E-state index is -0.0584. The number of anilines is 1. The van der Waals surface area contributed by atoms with Gasteiger partial charge < -0.3 is 20.9 Å². The van der Waals surface area contributed by atoms with Crippen LogP contribution in [0, 0.1) is 5.53 Å². The lowest BCUT2D eigenvalue weighted by molar-refractivity contribution is 0.186. The minimum absolute atomic E-state index is 0.0584. The van der Waals surface area contributed by atoms with Gasteiger partial charge in [-0.25, -0.2) is 20.0 Å². The van der Waals surface area contributed by atoms with Gasteiger partial charge in [0.15, 0.2) is 5.82 Å². The Morgan fingerprint density at radius 3 is 3.03 bits per heavy atom. The van der Waals surface area contributed by atoms with E-state index in [1.165, 1.54) is 18.6 Å². The lowest BCUT2D eigenvalue weighted by atomic mass is 10.2. The van der Waals surface area contributed by atoms with Crippen molar-refractivity contribution < 1.29 is 9.84 Å². The van der Waals surface area contributed by atoms with Crippen molar-refractivity contribution >= 4 is 28.9 Å². The predicted molar refractivity (Wildman–Crippen MR) is 113 cm³/mol. The normalized spacial score (nSPS) is 12.0. The number of aliphatic hydroxyl groups excluding tert-OH is 1. The van der Waals surface area contributed by atoms with Crippen LogP contribution in [0.25, 0.3) is 11.1 Å². The molecule has 0 radical (unpaired) electrons. The van der Waals surface area contributed by atoms with Crippen LogP contribution in [0.3, 0.4) is 0 Å². The van der Waals surface area contributed by atoms with Gasteiger partial charge in [0.25, 0.3) is 0 Å². The molecule has 3 heterocycles. The number of pyridine rings is 1. The Morgan fingerprint density at radius 2 is 2.30 bits per heavy atom. The first kappa shape index (κ1) is 21.0. The molecule has 5 N–H and O–H groups in total. The van der Waals surface area contributed by atoms with Gasteiger partial charge in [-0.3, -0.25) is 4.99 Å². The van der Waals surface area contributed by atoms with Crippen molar-refractivity contribution in [3.05, 3.63) is 53.7 Å². The molecule has 0 atom stereocenters. The highest BCUT2D eigenvalue weighted by molar-refractivity contribution is 6.08. The number of ether oxygens (including phenoxy) is 1. The second-order valence-corrected chi connectivity index (χ2v) is 6.24. The van der Waals surface area contributed by atoms with Gasteiger partial charge in [0.2, 0.25) is 5.82 Å². The molecule has 0 aliphatic carbocycles. The Balaban J connectivity index is 1.82. The number of aliphatic imine (C=N–C) groups is 1. The van der Waals surface area contributed by atoms with Crippen LogP contribution in [0.1, 0.15) is 16.8 Å². The highest BCUT2D eigenvalue weighted by atomic mass is 16.5. The molecule has 0 spiro atoms. The van der Waals surface area contributed by atoms with Crippen LogP contribution in [0.4, 0.5) is 11.6 Å². The number of fused-ring (bicyclic) bond motifs is 1. The Morgan fingerprint density at radius 1 is 1.43 bits per heavy atom. The van der Waals surface area contributed by atoms with Crippen LogP contribution < -0.4 is 11.1 Å². The molecule has 0 saturated heterocycles. The summed E-state index contributed by atoms with van der Waals surface area (Å²) in [5.41, 5.74) is 17.0. The molecule has 3 aromatic heterocycles. The SMILES string of the molecule is COCc1cnn2ccc(CNc3nc(C(C=NCCO)=CN)cnc3N=N)cc12. The van der Waals surface area contributed by atoms with Crippen LogP contribution in [0.2, 0.25) is 0 Å². The fourth-order valence-electron chi connectivity index (χ4n) is 2.77. The molecule has 3 aromatic rings. The van der Waals surface area contributed by atoms with Crippen molar-refractivity contribution in [3.8, 4) is 0 Å². The quantitative estimate of drug-likeness (QED) is 0.294. The Bertz CT molecular complexity index is 1080. The summed E-state index contributed by atoms with van der Waals surface area (Å²) < 4.78 is 7.00. The Labute approximate surface area is 172 Å². The molecule has 156 valence electrons. The van der Waals surface area contributed by atoms with Gasteiger partial charge in [-0.15, -0.1) is 5.11 Å². The van der Waals surface area contributed by atoms with Crippen LogP contribution in [-0.4, -0.2) is 51.2 Å². The first-order chi connectivity index (χ1) is 14.7. The van der Waals surface area contributed by atoms with Crippen molar-refractivity contribution in [2.24, 2.45) is 15.8 Å². The van der Waals surface area contributed by atoms with E-state index in [4.69, 9.17) is 21.1 Å². The second-order valence-electron chi connectivity index (χ2n) is 6.24. The molecule has 0 unspecified atom stereocenters. The standard InChI is InChI=1S/C19H23N9O2/c1-30-12-15-10-25-28-4-2-13(6-17(15)28)8-23-18-19(27-21)24-11-16(26-18)14(7-20)9-22-3-5-29/h2,4,6-7,9-11,21,29H,3,5,8,12,20H2,1H3,(H,23,26). The van der Waals surface area contributed by atoms with Gasteiger partial charge in [0.05, 0.1) is 43.4 Å². The number of nitrogens with two attached hydrogens (primary N) is 1. The van der Waals surface area contributed by atoms with E-state index in [1.54, 1.807) is 17.8 Å². The molecular formula is C19H23N9O2. The summed E-state index contributed by atoms with van der Waals surface area (Å²) >= 11 is 0. The average molecular weight is 409 g/mol. The molecule has 30 heavy (non-hydrogen) atoms. The summed E-state index contributed by atoms with van der Waals surface area (Å²) in [5, 5.41) is 19.8. The van der Waals surface area contributed by atoms with Gasteiger partial charge in [0, 0.05) is 43.4 Å². The van der Waals surface area contributed by atoms with E-state index in [-0.39, 0.29) is 19.0 Å². The van der Waals surface area contributed by atoms with E-state index in [0.717, 1.165) is 16.6 Å². The first-order valence-corrected chi connectivity index (χ1v) is 9.15. The summed E-state index contributed by atoms with van der Waals surface area (Å²) in [7, 11) is 1.64. The zero-order valence-corrected chi connectivity index (χ0v) is 16.5. The molecule has 0 amide bonds. The third kappa shape index (κ3) is 4.82. The number of methoxy groups -OCH3 is 1. The van der Waals surface area contributed by atoms with E-state index in [2.05, 4.69) is 30.5 Å². The number of allylic oxidation sites excluding steroid dienone is 1. The third-order valence-electron chi connectivity index (χ3n) is 4.22. The van der Waals surface area contributed by atoms with E-state index >= 15 is 0 Å². The van der Waals surface area contributed by atoms with E-state index in [9.17, 15) is 0 Å². The monoisotopic (exact) mass is 409 g/mol. The maximum atomic E-state index is 8.86. The van der Waals surface area contributed by atoms with Crippen LogP contribution in [0.15, 0.2) is 47.0 Å². The predicted octanol–water partition coefficient (Wildman–Crippen LogP) is 1.91. The van der Waals surface area contributed by atoms with Gasteiger partial charge in [-0.2, -0.15) is 5.10 Å². The van der Waals surface area contributed by atoms with Crippen molar-refractivity contribution in [2.45, 2.75) is 13.2 Å². The summed E-state index contributed by atoms with van der Waals surface area (Å²) in [6.07, 6.45) is 8.00. The van der Waals surface area contributed by atoms with Gasteiger partial charge in [0.1, 0.15) is 0 Å². The highest BCUT2D eigenvalue weighted by Crippen LogP contribution is 2.23. The number of hydrogen-bond acceptors (Lipinski definition) is 10. The smallest absolute Gasteiger partial charge is 0.216 e. The van der Waals surface area contributed by atoms with Crippen molar-refractivity contribution in [2.75, 3.05) is 25.6 Å². The number of rotatable bonds is 10. The van der Waals surface area contributed by atoms with E-state index in [0.29, 0.717) is 30.2 Å². The summed E-state index contributed by atoms with van der Waals surface area (Å²) in [6, 6.07) is 3.95. The zero-order valence-electron chi connectivity index (χ0n) is 16.5. The number of nitrogens with zero attached hydrogens (tertiary/aromatic N) is 6. The molecule has 0 aromatic carbocycles. The summed E-state index contributed by atoms with van der Waals surface area (Å²) in [5.74, 6) is 0.510. The molecule has 0 bridgehead atoms. The maximum Gasteiger partial charge on any atom is 0.216 e. The molecule has 0 saturated carbocycles. The molecule has 0 aliphatic rings. The summed E-state index contributed by atoms with van der Waals surface area (Å²) in [4.78, 5) is 12.7. The fourth-order valence-corrected chi connectivity index (χ4v) is 2.77. The van der Waals surface area contributed by atoms with Gasteiger partial charge in [-0.05, 0) is 17.7 Å². The first-order valence-electron chi connectivity index (χ1n) is 9.15. The van der Waals surface area contributed by atoms with Crippen molar-refractivity contribution in [3.63, 3.8) is 0 Å². The zero-order chi connectivity index (χ0) is 21.3. The lowest BCUT2D eigenvalue weighted by Gasteiger charge is -2.10. The van der Waals surface area contributed by atoms with Gasteiger partial charge >= 0.3 is 0 Å². The summed E-state index contributed by atoms with van der Waals surface area (Å²) in [6.45, 7) is 1.12.